The molecule has 0 aliphatic rings. The summed E-state index contributed by atoms with van der Waals surface area (Å²) in [6, 6.07) is 0. The van der Waals surface area contributed by atoms with Crippen LogP contribution in [0.1, 0.15) is 20.8 Å². The standard InChI is InChI=1S/C11H18BrN3O/c1-4-14(5-2)11(16)9(3)7-15-8-10(12)6-13-15/h6,8-9H,4-5,7H2,1-3H3/t9-/m0/s1. The van der Waals surface area contributed by atoms with Gasteiger partial charge >= 0.3 is 0 Å². The number of nitrogens with zero attached hydrogens (tertiary/aromatic N) is 3. The van der Waals surface area contributed by atoms with Crippen molar-refractivity contribution in [1.29, 1.82) is 0 Å². The first kappa shape index (κ1) is 13.2. The van der Waals surface area contributed by atoms with E-state index in [1.165, 1.54) is 0 Å². The first-order valence-corrected chi connectivity index (χ1v) is 6.34. The highest BCUT2D eigenvalue weighted by Crippen LogP contribution is 2.10. The third-order valence-corrected chi connectivity index (χ3v) is 2.97. The summed E-state index contributed by atoms with van der Waals surface area (Å²) in [5, 5.41) is 4.15. The molecule has 90 valence electrons. The second-order valence-electron chi connectivity index (χ2n) is 3.79. The monoisotopic (exact) mass is 287 g/mol. The summed E-state index contributed by atoms with van der Waals surface area (Å²) in [6.07, 6.45) is 3.61. The fourth-order valence-electron chi connectivity index (χ4n) is 1.64. The third-order valence-electron chi connectivity index (χ3n) is 2.56. The maximum absolute atomic E-state index is 12.0. The highest BCUT2D eigenvalue weighted by Gasteiger charge is 2.18. The average molecular weight is 288 g/mol. The second-order valence-corrected chi connectivity index (χ2v) is 4.71. The summed E-state index contributed by atoms with van der Waals surface area (Å²) < 4.78 is 2.73. The van der Waals surface area contributed by atoms with Gasteiger partial charge in [0.15, 0.2) is 0 Å². The van der Waals surface area contributed by atoms with Gasteiger partial charge in [-0.15, -0.1) is 0 Å². The van der Waals surface area contributed by atoms with Crippen LogP contribution in [-0.2, 0) is 11.3 Å². The fourth-order valence-corrected chi connectivity index (χ4v) is 1.97. The molecule has 0 fully saturated rings. The highest BCUT2D eigenvalue weighted by atomic mass is 79.9. The van der Waals surface area contributed by atoms with Gasteiger partial charge in [0.25, 0.3) is 0 Å². The van der Waals surface area contributed by atoms with Crippen LogP contribution in [0.25, 0.3) is 0 Å². The number of rotatable bonds is 5. The zero-order valence-corrected chi connectivity index (χ0v) is 11.6. The van der Waals surface area contributed by atoms with E-state index in [0.29, 0.717) is 6.54 Å². The molecule has 16 heavy (non-hydrogen) atoms. The summed E-state index contributed by atoms with van der Waals surface area (Å²) in [5.41, 5.74) is 0. The molecule has 0 aliphatic heterocycles. The van der Waals surface area contributed by atoms with E-state index in [9.17, 15) is 4.79 Å². The van der Waals surface area contributed by atoms with Gasteiger partial charge in [0.2, 0.25) is 5.91 Å². The fraction of sp³-hybridized carbons (Fsp3) is 0.636. The van der Waals surface area contributed by atoms with Crippen LogP contribution in [-0.4, -0.2) is 33.7 Å². The molecule has 1 atom stereocenters. The minimum absolute atomic E-state index is 0.0355. The zero-order valence-electron chi connectivity index (χ0n) is 9.98. The largest absolute Gasteiger partial charge is 0.343 e. The van der Waals surface area contributed by atoms with Crippen molar-refractivity contribution in [3.8, 4) is 0 Å². The van der Waals surface area contributed by atoms with Crippen molar-refractivity contribution in [1.82, 2.24) is 14.7 Å². The lowest BCUT2D eigenvalue weighted by atomic mass is 10.1. The lowest BCUT2D eigenvalue weighted by molar-refractivity contribution is -0.135. The predicted molar refractivity (Wildman–Crippen MR) is 67.0 cm³/mol. The summed E-state index contributed by atoms with van der Waals surface area (Å²) in [7, 11) is 0. The molecular weight excluding hydrogens is 270 g/mol. The van der Waals surface area contributed by atoms with Gasteiger partial charge in [-0.25, -0.2) is 0 Å². The van der Waals surface area contributed by atoms with Crippen LogP contribution in [0, 0.1) is 5.92 Å². The molecule has 0 spiro atoms. The van der Waals surface area contributed by atoms with Crippen LogP contribution in [0.15, 0.2) is 16.9 Å². The van der Waals surface area contributed by atoms with E-state index in [1.54, 1.807) is 10.9 Å². The van der Waals surface area contributed by atoms with Gasteiger partial charge in [-0.2, -0.15) is 5.10 Å². The van der Waals surface area contributed by atoms with Crippen molar-refractivity contribution in [2.24, 2.45) is 5.92 Å². The van der Waals surface area contributed by atoms with Crippen molar-refractivity contribution in [3.63, 3.8) is 0 Å². The Labute approximate surface area is 105 Å². The molecule has 1 rings (SSSR count). The van der Waals surface area contributed by atoms with Gasteiger partial charge in [-0.1, -0.05) is 6.92 Å². The van der Waals surface area contributed by atoms with Gasteiger partial charge in [-0.3, -0.25) is 9.48 Å². The summed E-state index contributed by atoms with van der Waals surface area (Å²) >= 11 is 3.34. The Hall–Kier alpha value is -0.840. The van der Waals surface area contributed by atoms with Crippen molar-refractivity contribution in [2.75, 3.05) is 13.1 Å². The van der Waals surface area contributed by atoms with Crippen LogP contribution in [0.5, 0.6) is 0 Å². The molecule has 0 saturated heterocycles. The number of carbonyl (C=O) groups excluding carboxylic acids is 1. The molecule has 0 saturated carbocycles. The van der Waals surface area contributed by atoms with Crippen LogP contribution >= 0.6 is 15.9 Å². The maximum Gasteiger partial charge on any atom is 0.227 e. The Balaban J connectivity index is 2.57. The molecule has 1 heterocycles. The molecule has 1 aromatic rings. The lowest BCUT2D eigenvalue weighted by Gasteiger charge is -2.22. The number of hydrogen-bond donors (Lipinski definition) is 0. The third kappa shape index (κ3) is 3.33. The topological polar surface area (TPSA) is 38.1 Å². The normalized spacial score (nSPS) is 12.5. The smallest absolute Gasteiger partial charge is 0.227 e. The van der Waals surface area contributed by atoms with Crippen LogP contribution < -0.4 is 0 Å². The van der Waals surface area contributed by atoms with E-state index in [0.717, 1.165) is 17.6 Å². The highest BCUT2D eigenvalue weighted by molar-refractivity contribution is 9.10. The number of amides is 1. The van der Waals surface area contributed by atoms with E-state index in [1.807, 2.05) is 31.9 Å². The van der Waals surface area contributed by atoms with Gasteiger partial charge in [0.1, 0.15) is 0 Å². The zero-order chi connectivity index (χ0) is 12.1. The van der Waals surface area contributed by atoms with Gasteiger partial charge in [0.05, 0.1) is 23.1 Å². The quantitative estimate of drug-likeness (QED) is 0.832. The SMILES string of the molecule is CCN(CC)C(=O)[C@@H](C)Cn1cc(Br)cn1. The first-order chi connectivity index (χ1) is 7.58. The Bertz CT molecular complexity index is 347. The molecule has 0 aromatic carbocycles. The maximum atomic E-state index is 12.0. The number of hydrogen-bond acceptors (Lipinski definition) is 2. The Kier molecular flexibility index (Phi) is 4.99. The van der Waals surface area contributed by atoms with Crippen LogP contribution in [0.2, 0.25) is 0 Å². The Morgan fingerprint density at radius 3 is 2.62 bits per heavy atom. The van der Waals surface area contributed by atoms with E-state index in [-0.39, 0.29) is 11.8 Å². The molecular formula is C11H18BrN3O. The van der Waals surface area contributed by atoms with E-state index >= 15 is 0 Å². The van der Waals surface area contributed by atoms with Crippen LogP contribution in [0.4, 0.5) is 0 Å². The molecule has 1 aromatic heterocycles. The van der Waals surface area contributed by atoms with E-state index in [2.05, 4.69) is 21.0 Å². The molecule has 0 radical (unpaired) electrons. The van der Waals surface area contributed by atoms with Crippen molar-refractivity contribution in [2.45, 2.75) is 27.3 Å². The molecule has 0 unspecified atom stereocenters. The molecule has 0 aliphatic carbocycles. The van der Waals surface area contributed by atoms with E-state index in [4.69, 9.17) is 0 Å². The molecule has 0 bridgehead atoms. The second kappa shape index (κ2) is 6.03. The minimum atomic E-state index is -0.0355. The van der Waals surface area contributed by atoms with Gasteiger partial charge in [-0.05, 0) is 29.8 Å². The Morgan fingerprint density at radius 2 is 2.19 bits per heavy atom. The molecule has 0 N–H and O–H groups in total. The molecule has 4 nitrogen and oxygen atoms in total. The van der Waals surface area contributed by atoms with E-state index < -0.39 is 0 Å². The molecule has 1 amide bonds. The lowest BCUT2D eigenvalue weighted by Crippen LogP contribution is -2.36. The summed E-state index contributed by atoms with van der Waals surface area (Å²) in [6.45, 7) is 8.10. The average Bonchev–Trinajstić information content (AvgIpc) is 2.65. The van der Waals surface area contributed by atoms with Crippen molar-refractivity contribution in [3.05, 3.63) is 16.9 Å². The number of carbonyl (C=O) groups is 1. The molecule has 5 heteroatoms. The van der Waals surface area contributed by atoms with Gasteiger partial charge in [0, 0.05) is 19.3 Å². The van der Waals surface area contributed by atoms with Crippen LogP contribution in [0.3, 0.4) is 0 Å². The Morgan fingerprint density at radius 1 is 1.56 bits per heavy atom. The van der Waals surface area contributed by atoms with Crippen molar-refractivity contribution >= 4 is 21.8 Å². The summed E-state index contributed by atoms with van der Waals surface area (Å²) in [4.78, 5) is 13.8. The first-order valence-electron chi connectivity index (χ1n) is 5.55. The number of aromatic nitrogens is 2. The minimum Gasteiger partial charge on any atom is -0.343 e. The summed E-state index contributed by atoms with van der Waals surface area (Å²) in [5.74, 6) is 0.156. The number of halogens is 1. The predicted octanol–water partition coefficient (Wildman–Crippen LogP) is 2.15. The van der Waals surface area contributed by atoms with Gasteiger partial charge < -0.3 is 4.90 Å². The van der Waals surface area contributed by atoms with Crippen molar-refractivity contribution < 1.29 is 4.79 Å².